The Labute approximate surface area is 193 Å². The molecule has 2 aromatic carbocycles. The quantitative estimate of drug-likeness (QED) is 0.657. The van der Waals surface area contributed by atoms with Crippen molar-refractivity contribution in [2.45, 2.75) is 31.8 Å². The highest BCUT2D eigenvalue weighted by Crippen LogP contribution is 2.28. The number of aryl methyl sites for hydroxylation is 1. The van der Waals surface area contributed by atoms with Crippen molar-refractivity contribution in [3.8, 4) is 5.69 Å². The average molecular weight is 444 g/mol. The summed E-state index contributed by atoms with van der Waals surface area (Å²) in [7, 11) is 2.10. The number of piperazine rings is 1. The summed E-state index contributed by atoms with van der Waals surface area (Å²) in [5.74, 6) is 0.343. The van der Waals surface area contributed by atoms with E-state index in [0.717, 1.165) is 37.1 Å². The van der Waals surface area contributed by atoms with Gasteiger partial charge in [-0.05, 0) is 50.1 Å². The molecule has 1 N–H and O–H groups in total. The number of nitrogens with one attached hydrogen (secondary N) is 1. The second-order valence-electron chi connectivity index (χ2n) is 9.06. The Hall–Kier alpha value is -3.45. The monoisotopic (exact) mass is 443 g/mol. The zero-order valence-electron chi connectivity index (χ0n) is 19.1. The van der Waals surface area contributed by atoms with Crippen LogP contribution in [0.15, 0.2) is 65.7 Å². The van der Waals surface area contributed by atoms with E-state index in [1.165, 1.54) is 0 Å². The molecule has 1 amide bonds. The van der Waals surface area contributed by atoms with Crippen LogP contribution in [-0.4, -0.2) is 53.1 Å². The highest BCUT2D eigenvalue weighted by atomic mass is 16.2. The van der Waals surface area contributed by atoms with E-state index < -0.39 is 0 Å². The fraction of sp³-hybridized carbons (Fsp3) is 0.346. The summed E-state index contributed by atoms with van der Waals surface area (Å²) < 4.78 is 1.62. The van der Waals surface area contributed by atoms with Gasteiger partial charge in [-0.25, -0.2) is 4.98 Å². The lowest BCUT2D eigenvalue weighted by atomic mass is 10.0. The summed E-state index contributed by atoms with van der Waals surface area (Å²) in [6.45, 7) is 4.34. The van der Waals surface area contributed by atoms with E-state index in [9.17, 15) is 9.59 Å². The van der Waals surface area contributed by atoms with E-state index in [-0.39, 0.29) is 23.6 Å². The van der Waals surface area contributed by atoms with Gasteiger partial charge in [0.15, 0.2) is 5.82 Å². The van der Waals surface area contributed by atoms with E-state index in [4.69, 9.17) is 0 Å². The molecule has 7 heteroatoms. The molecule has 1 aliphatic carbocycles. The highest BCUT2D eigenvalue weighted by Gasteiger charge is 2.30. The molecular weight excluding hydrogens is 414 g/mol. The first-order valence-corrected chi connectivity index (χ1v) is 11.5. The van der Waals surface area contributed by atoms with Gasteiger partial charge in [0.25, 0.3) is 11.5 Å². The number of carbonyl (C=O) groups excluding carboxylic acids is 1. The van der Waals surface area contributed by atoms with Gasteiger partial charge in [0, 0.05) is 43.6 Å². The predicted octanol–water partition coefficient (Wildman–Crippen LogP) is 2.93. The molecule has 0 radical (unpaired) electrons. The van der Waals surface area contributed by atoms with Gasteiger partial charge in [0.05, 0.1) is 11.7 Å². The third-order valence-electron chi connectivity index (χ3n) is 6.51. The molecule has 2 heterocycles. The van der Waals surface area contributed by atoms with Crippen molar-refractivity contribution in [1.82, 2.24) is 19.8 Å². The molecule has 5 rings (SSSR count). The van der Waals surface area contributed by atoms with Gasteiger partial charge in [-0.1, -0.05) is 36.4 Å². The molecule has 1 aromatic heterocycles. The summed E-state index contributed by atoms with van der Waals surface area (Å²) >= 11 is 0. The molecule has 7 nitrogen and oxygen atoms in total. The van der Waals surface area contributed by atoms with Gasteiger partial charge in [-0.15, -0.1) is 0 Å². The van der Waals surface area contributed by atoms with Crippen LogP contribution in [0.3, 0.4) is 0 Å². The van der Waals surface area contributed by atoms with Crippen molar-refractivity contribution in [1.29, 1.82) is 0 Å². The standard InChI is InChI=1S/C26H29N5O2/c1-18-8-9-20(25(32)28-21-10-11-21)16-22(18)31-13-12-27-24(26(31)33)30-15-14-29(2)17-23(30)19-6-4-3-5-7-19/h3-9,12-13,16,21,23H,10-11,14-15,17H2,1-2H3,(H,28,32). The van der Waals surface area contributed by atoms with Crippen LogP contribution in [0.5, 0.6) is 0 Å². The van der Waals surface area contributed by atoms with Crippen molar-refractivity contribution < 1.29 is 4.79 Å². The smallest absolute Gasteiger partial charge is 0.298 e. The van der Waals surface area contributed by atoms with Crippen LogP contribution in [0, 0.1) is 6.92 Å². The van der Waals surface area contributed by atoms with Crippen LogP contribution in [0.1, 0.15) is 40.4 Å². The average Bonchev–Trinajstić information content (AvgIpc) is 3.64. The second-order valence-corrected chi connectivity index (χ2v) is 9.06. The minimum atomic E-state index is -0.175. The Bertz CT molecular complexity index is 1220. The number of hydrogen-bond donors (Lipinski definition) is 1. The van der Waals surface area contributed by atoms with Crippen molar-refractivity contribution in [3.63, 3.8) is 0 Å². The van der Waals surface area contributed by atoms with Crippen LogP contribution in [-0.2, 0) is 0 Å². The molecule has 1 unspecified atom stereocenters. The minimum Gasteiger partial charge on any atom is -0.349 e. The molecule has 2 fully saturated rings. The number of nitrogens with zero attached hydrogens (tertiary/aromatic N) is 4. The van der Waals surface area contributed by atoms with Gasteiger partial charge >= 0.3 is 0 Å². The number of aromatic nitrogens is 2. The molecule has 1 saturated carbocycles. The first-order chi connectivity index (χ1) is 16.0. The SMILES string of the molecule is Cc1ccc(C(=O)NC2CC2)cc1-n1ccnc(N2CCN(C)CC2c2ccccc2)c1=O. The van der Waals surface area contributed by atoms with Gasteiger partial charge in [-0.3, -0.25) is 14.2 Å². The fourth-order valence-electron chi connectivity index (χ4n) is 4.43. The minimum absolute atomic E-state index is 0.0396. The Morgan fingerprint density at radius 2 is 1.88 bits per heavy atom. The van der Waals surface area contributed by atoms with Crippen LogP contribution in [0.2, 0.25) is 0 Å². The molecule has 0 bridgehead atoms. The molecular formula is C26H29N5O2. The Morgan fingerprint density at radius 3 is 2.64 bits per heavy atom. The van der Waals surface area contributed by atoms with Crippen LogP contribution >= 0.6 is 0 Å². The Balaban J connectivity index is 1.53. The van der Waals surface area contributed by atoms with Crippen molar-refractivity contribution in [2.24, 2.45) is 0 Å². The fourth-order valence-corrected chi connectivity index (χ4v) is 4.43. The number of likely N-dealkylation sites (N-methyl/N-ethyl adjacent to an activating group) is 1. The number of benzene rings is 2. The van der Waals surface area contributed by atoms with E-state index in [0.29, 0.717) is 23.6 Å². The molecule has 33 heavy (non-hydrogen) atoms. The maximum atomic E-state index is 13.7. The van der Waals surface area contributed by atoms with Crippen molar-refractivity contribution in [2.75, 3.05) is 31.6 Å². The van der Waals surface area contributed by atoms with Crippen molar-refractivity contribution in [3.05, 3.63) is 88.0 Å². The van der Waals surface area contributed by atoms with Gasteiger partial charge in [0.1, 0.15) is 0 Å². The number of rotatable bonds is 5. The predicted molar refractivity (Wildman–Crippen MR) is 129 cm³/mol. The van der Waals surface area contributed by atoms with Crippen LogP contribution in [0.4, 0.5) is 5.82 Å². The molecule has 1 saturated heterocycles. The summed E-state index contributed by atoms with van der Waals surface area (Å²) in [4.78, 5) is 35.2. The summed E-state index contributed by atoms with van der Waals surface area (Å²) in [6.07, 6.45) is 5.42. The number of amides is 1. The highest BCUT2D eigenvalue weighted by molar-refractivity contribution is 5.95. The summed E-state index contributed by atoms with van der Waals surface area (Å²) in [5, 5.41) is 3.02. The number of carbonyl (C=O) groups is 1. The van der Waals surface area contributed by atoms with E-state index in [1.807, 2.05) is 37.3 Å². The second kappa shape index (κ2) is 8.83. The molecule has 170 valence electrons. The van der Waals surface area contributed by atoms with Crippen molar-refractivity contribution >= 4 is 11.7 Å². The van der Waals surface area contributed by atoms with Gasteiger partial charge in [-0.2, -0.15) is 0 Å². The molecule has 1 aliphatic heterocycles. The lowest BCUT2D eigenvalue weighted by Gasteiger charge is -2.40. The Kier molecular flexibility index (Phi) is 5.72. The van der Waals surface area contributed by atoms with Crippen LogP contribution in [0.25, 0.3) is 5.69 Å². The maximum Gasteiger partial charge on any atom is 0.298 e. The van der Waals surface area contributed by atoms with E-state index in [2.05, 4.69) is 39.3 Å². The third kappa shape index (κ3) is 4.41. The number of hydrogen-bond acceptors (Lipinski definition) is 5. The number of anilines is 1. The lowest BCUT2D eigenvalue weighted by molar-refractivity contribution is 0.0951. The summed E-state index contributed by atoms with van der Waals surface area (Å²) in [6, 6.07) is 16.1. The molecule has 0 spiro atoms. The zero-order chi connectivity index (χ0) is 22.9. The van der Waals surface area contributed by atoms with Gasteiger partial charge in [0.2, 0.25) is 0 Å². The van der Waals surface area contributed by atoms with E-state index >= 15 is 0 Å². The largest absolute Gasteiger partial charge is 0.349 e. The normalized spacial score (nSPS) is 18.8. The molecule has 2 aliphatic rings. The summed E-state index contributed by atoms with van der Waals surface area (Å²) in [5.41, 5.74) is 3.18. The third-order valence-corrected chi connectivity index (χ3v) is 6.51. The maximum absolute atomic E-state index is 13.7. The lowest BCUT2D eigenvalue weighted by Crippen LogP contribution is -2.49. The van der Waals surface area contributed by atoms with Crippen LogP contribution < -0.4 is 15.8 Å². The molecule has 1 atom stereocenters. The van der Waals surface area contributed by atoms with E-state index in [1.54, 1.807) is 23.0 Å². The van der Waals surface area contributed by atoms with Gasteiger partial charge < -0.3 is 15.1 Å². The Morgan fingerprint density at radius 1 is 1.09 bits per heavy atom. The first kappa shape index (κ1) is 21.4. The zero-order valence-corrected chi connectivity index (χ0v) is 19.1. The topological polar surface area (TPSA) is 70.5 Å². The first-order valence-electron chi connectivity index (χ1n) is 11.5. The molecule has 3 aromatic rings.